The Bertz CT molecular complexity index is 284. The minimum absolute atomic E-state index is 0.126. The van der Waals surface area contributed by atoms with Crippen molar-refractivity contribution in [1.82, 2.24) is 5.32 Å². The van der Waals surface area contributed by atoms with Gasteiger partial charge in [-0.05, 0) is 31.2 Å². The first kappa shape index (κ1) is 13.0. The molecule has 0 saturated heterocycles. The van der Waals surface area contributed by atoms with Gasteiger partial charge in [0.15, 0.2) is 0 Å². The lowest BCUT2D eigenvalue weighted by Crippen LogP contribution is -2.16. The zero-order valence-corrected chi connectivity index (χ0v) is 10.3. The van der Waals surface area contributed by atoms with Gasteiger partial charge in [0.25, 0.3) is 0 Å². The topological polar surface area (TPSA) is 30.5 Å². The van der Waals surface area contributed by atoms with Crippen molar-refractivity contribution in [2.24, 2.45) is 0 Å². The minimum Gasteiger partial charge on any atom is -0.491 e. The van der Waals surface area contributed by atoms with Gasteiger partial charge in [-0.1, -0.05) is 19.1 Å². The summed E-state index contributed by atoms with van der Waals surface area (Å²) in [6, 6.07) is 8.15. The number of benzene rings is 1. The number of ether oxygens (including phenoxy) is 2. The molecule has 0 radical (unpaired) electrons. The number of nitrogens with one attached hydrogen (secondary N) is 1. The van der Waals surface area contributed by atoms with Crippen LogP contribution in [0.2, 0.25) is 0 Å². The summed E-state index contributed by atoms with van der Waals surface area (Å²) >= 11 is 0. The van der Waals surface area contributed by atoms with Crippen LogP contribution < -0.4 is 10.1 Å². The largest absolute Gasteiger partial charge is 0.491 e. The van der Waals surface area contributed by atoms with E-state index in [2.05, 4.69) is 24.4 Å². The molecule has 1 aromatic carbocycles. The molecular weight excluding hydrogens is 202 g/mol. The summed E-state index contributed by atoms with van der Waals surface area (Å²) in [6.45, 7) is 6.57. The highest BCUT2D eigenvalue weighted by molar-refractivity contribution is 5.27. The average molecular weight is 223 g/mol. The fraction of sp³-hybridized carbons (Fsp3) is 0.538. The Morgan fingerprint density at radius 2 is 1.94 bits per heavy atom. The molecule has 0 heterocycles. The van der Waals surface area contributed by atoms with Gasteiger partial charge in [0, 0.05) is 13.7 Å². The van der Waals surface area contributed by atoms with E-state index in [-0.39, 0.29) is 6.10 Å². The molecule has 90 valence electrons. The third-order valence-corrected chi connectivity index (χ3v) is 2.39. The van der Waals surface area contributed by atoms with Crippen molar-refractivity contribution in [1.29, 1.82) is 0 Å². The van der Waals surface area contributed by atoms with Gasteiger partial charge in [0.2, 0.25) is 0 Å². The molecule has 1 N–H and O–H groups in total. The first-order valence-electron chi connectivity index (χ1n) is 5.71. The third kappa shape index (κ3) is 4.64. The molecule has 0 bridgehead atoms. The van der Waals surface area contributed by atoms with E-state index in [1.165, 1.54) is 5.56 Å². The molecular formula is C13H21NO2. The van der Waals surface area contributed by atoms with Crippen LogP contribution in [0.5, 0.6) is 5.75 Å². The molecule has 0 saturated carbocycles. The van der Waals surface area contributed by atoms with Crippen molar-refractivity contribution in [3.8, 4) is 5.75 Å². The predicted octanol–water partition coefficient (Wildman–Crippen LogP) is 2.21. The lowest BCUT2D eigenvalue weighted by molar-refractivity contribution is 0.0716. The highest BCUT2D eigenvalue weighted by atomic mass is 16.5. The predicted molar refractivity (Wildman–Crippen MR) is 65.8 cm³/mol. The zero-order valence-electron chi connectivity index (χ0n) is 10.3. The quantitative estimate of drug-likeness (QED) is 0.768. The third-order valence-electron chi connectivity index (χ3n) is 2.39. The Kier molecular flexibility index (Phi) is 5.90. The van der Waals surface area contributed by atoms with Gasteiger partial charge >= 0.3 is 0 Å². The van der Waals surface area contributed by atoms with Crippen LogP contribution in [0.3, 0.4) is 0 Å². The normalized spacial score (nSPS) is 12.4. The second-order valence-corrected chi connectivity index (χ2v) is 3.78. The molecule has 3 nitrogen and oxygen atoms in total. The summed E-state index contributed by atoms with van der Waals surface area (Å²) in [5.74, 6) is 0.893. The van der Waals surface area contributed by atoms with Gasteiger partial charge in [-0.25, -0.2) is 0 Å². The van der Waals surface area contributed by atoms with E-state index < -0.39 is 0 Å². The van der Waals surface area contributed by atoms with Gasteiger partial charge in [0.1, 0.15) is 12.4 Å². The molecule has 1 atom stereocenters. The lowest BCUT2D eigenvalue weighted by atomic mass is 10.2. The molecule has 0 aliphatic rings. The van der Waals surface area contributed by atoms with Crippen molar-refractivity contribution >= 4 is 0 Å². The maximum Gasteiger partial charge on any atom is 0.119 e. The van der Waals surface area contributed by atoms with Crippen molar-refractivity contribution in [2.75, 3.05) is 20.3 Å². The van der Waals surface area contributed by atoms with Crippen molar-refractivity contribution in [3.63, 3.8) is 0 Å². The van der Waals surface area contributed by atoms with Crippen LogP contribution in [0.1, 0.15) is 19.4 Å². The number of methoxy groups -OCH3 is 1. The second kappa shape index (κ2) is 7.25. The van der Waals surface area contributed by atoms with Crippen LogP contribution in [0.4, 0.5) is 0 Å². The summed E-state index contributed by atoms with van der Waals surface area (Å²) in [4.78, 5) is 0. The van der Waals surface area contributed by atoms with E-state index in [4.69, 9.17) is 9.47 Å². The van der Waals surface area contributed by atoms with Gasteiger partial charge in [0.05, 0.1) is 6.10 Å². The monoisotopic (exact) mass is 223 g/mol. The van der Waals surface area contributed by atoms with Crippen LogP contribution >= 0.6 is 0 Å². The van der Waals surface area contributed by atoms with Gasteiger partial charge in [-0.15, -0.1) is 0 Å². The molecule has 0 amide bonds. The molecule has 0 spiro atoms. The molecule has 1 aromatic rings. The van der Waals surface area contributed by atoms with Crippen LogP contribution in [0, 0.1) is 0 Å². The Balaban J connectivity index is 2.38. The minimum atomic E-state index is 0.126. The molecule has 1 unspecified atom stereocenters. The Morgan fingerprint density at radius 1 is 1.25 bits per heavy atom. The van der Waals surface area contributed by atoms with Gasteiger partial charge < -0.3 is 14.8 Å². The van der Waals surface area contributed by atoms with E-state index in [1.807, 2.05) is 19.1 Å². The molecule has 3 heteroatoms. The summed E-state index contributed by atoms with van der Waals surface area (Å²) in [7, 11) is 1.69. The molecule has 16 heavy (non-hydrogen) atoms. The first-order chi connectivity index (χ1) is 7.76. The molecule has 0 aliphatic carbocycles. The Morgan fingerprint density at radius 3 is 2.50 bits per heavy atom. The molecule has 0 fully saturated rings. The number of hydrogen-bond donors (Lipinski definition) is 1. The lowest BCUT2D eigenvalue weighted by Gasteiger charge is -2.11. The summed E-state index contributed by atoms with van der Waals surface area (Å²) in [6.07, 6.45) is 0.126. The van der Waals surface area contributed by atoms with Crippen LogP contribution in [-0.4, -0.2) is 26.4 Å². The number of hydrogen-bond acceptors (Lipinski definition) is 3. The van der Waals surface area contributed by atoms with E-state index in [9.17, 15) is 0 Å². The van der Waals surface area contributed by atoms with Crippen LogP contribution in [0.25, 0.3) is 0 Å². The highest BCUT2D eigenvalue weighted by Gasteiger charge is 2.00. The SMILES string of the molecule is CCNCc1ccc(OCC(C)OC)cc1. The van der Waals surface area contributed by atoms with Gasteiger partial charge in [-0.2, -0.15) is 0 Å². The first-order valence-corrected chi connectivity index (χ1v) is 5.71. The Labute approximate surface area is 97.8 Å². The Hall–Kier alpha value is -1.06. The molecule has 1 rings (SSSR count). The fourth-order valence-corrected chi connectivity index (χ4v) is 1.25. The van der Waals surface area contributed by atoms with E-state index >= 15 is 0 Å². The van der Waals surface area contributed by atoms with Crippen LogP contribution in [0.15, 0.2) is 24.3 Å². The second-order valence-electron chi connectivity index (χ2n) is 3.78. The van der Waals surface area contributed by atoms with Crippen molar-refractivity contribution < 1.29 is 9.47 Å². The van der Waals surface area contributed by atoms with E-state index in [1.54, 1.807) is 7.11 Å². The summed E-state index contributed by atoms with van der Waals surface area (Å²) < 4.78 is 10.7. The smallest absolute Gasteiger partial charge is 0.119 e. The maximum absolute atomic E-state index is 5.57. The van der Waals surface area contributed by atoms with Crippen molar-refractivity contribution in [2.45, 2.75) is 26.5 Å². The van der Waals surface area contributed by atoms with E-state index in [0.29, 0.717) is 6.61 Å². The van der Waals surface area contributed by atoms with Gasteiger partial charge in [-0.3, -0.25) is 0 Å². The maximum atomic E-state index is 5.57. The zero-order chi connectivity index (χ0) is 11.8. The standard InChI is InChI=1S/C13H21NO2/c1-4-14-9-12-5-7-13(8-6-12)16-10-11(2)15-3/h5-8,11,14H,4,9-10H2,1-3H3. The summed E-state index contributed by atoms with van der Waals surface area (Å²) in [5.41, 5.74) is 1.27. The fourth-order valence-electron chi connectivity index (χ4n) is 1.25. The van der Waals surface area contributed by atoms with Crippen molar-refractivity contribution in [3.05, 3.63) is 29.8 Å². The highest BCUT2D eigenvalue weighted by Crippen LogP contribution is 2.12. The summed E-state index contributed by atoms with van der Waals surface area (Å²) in [5, 5.41) is 3.28. The average Bonchev–Trinajstić information content (AvgIpc) is 2.34. The molecule has 0 aliphatic heterocycles. The van der Waals surface area contributed by atoms with E-state index in [0.717, 1.165) is 18.8 Å². The molecule has 0 aromatic heterocycles. The van der Waals surface area contributed by atoms with Crippen LogP contribution in [-0.2, 0) is 11.3 Å². The number of rotatable bonds is 7.